The normalized spacial score (nSPS) is 34.7. The van der Waals surface area contributed by atoms with Crippen LogP contribution in [0.25, 0.3) is 0 Å². The number of hydrogen-bond acceptors (Lipinski definition) is 8. The van der Waals surface area contributed by atoms with Crippen molar-refractivity contribution >= 4 is 57.7 Å². The first kappa shape index (κ1) is 35.3. The molecule has 47 heavy (non-hydrogen) atoms. The molecule has 254 valence electrons. The van der Waals surface area contributed by atoms with Crippen LogP contribution < -0.4 is 10.6 Å². The van der Waals surface area contributed by atoms with E-state index >= 15 is 4.39 Å². The van der Waals surface area contributed by atoms with Gasteiger partial charge in [0, 0.05) is 23.2 Å². The molecule has 0 heterocycles. The molecular weight excluding hydrogens is 647 g/mol. The molecule has 8 atom stereocenters. The Kier molecular flexibility index (Phi) is 9.60. The van der Waals surface area contributed by atoms with Gasteiger partial charge in [0.15, 0.2) is 17.1 Å². The van der Waals surface area contributed by atoms with Crippen molar-refractivity contribution < 1.29 is 38.2 Å². The molecule has 0 unspecified atom stereocenters. The lowest BCUT2D eigenvalue weighted by Gasteiger charge is -2.62. The number of aliphatic hydroxyl groups excluding tert-OH is 1. The highest BCUT2D eigenvalue weighted by Crippen LogP contribution is 2.70. The number of nitrogens with one attached hydrogen (secondary N) is 2. The number of rotatable bonds is 8. The molecule has 4 aliphatic carbocycles. The summed E-state index contributed by atoms with van der Waals surface area (Å²) < 4.78 is 23.9. The van der Waals surface area contributed by atoms with E-state index < -0.39 is 58.0 Å². The predicted molar refractivity (Wildman–Crippen MR) is 178 cm³/mol. The highest BCUT2D eigenvalue weighted by Gasteiger charge is 2.75. The Labute approximate surface area is 283 Å². The molecule has 0 radical (unpaired) electrons. The lowest BCUT2D eigenvalue weighted by molar-refractivity contribution is -0.214. The Bertz CT molecular complexity index is 1580. The van der Waals surface area contributed by atoms with Gasteiger partial charge in [0.25, 0.3) is 0 Å². The summed E-state index contributed by atoms with van der Waals surface area (Å²) in [5.41, 5.74) is -5.21. The molecule has 1 aromatic rings. The van der Waals surface area contributed by atoms with E-state index in [1.54, 1.807) is 19.9 Å². The monoisotopic (exact) mass is 688 g/mol. The summed E-state index contributed by atoms with van der Waals surface area (Å²) in [6.45, 7) is 8.56. The Balaban J connectivity index is 1.47. The number of alkyl halides is 1. The van der Waals surface area contributed by atoms with Crippen LogP contribution in [0.15, 0.2) is 42.0 Å². The number of thioether (sulfide) groups is 1. The van der Waals surface area contributed by atoms with Crippen molar-refractivity contribution in [2.75, 3.05) is 11.1 Å². The first-order valence-electron chi connectivity index (χ1n) is 16.2. The lowest BCUT2D eigenvalue weighted by Crippen LogP contribution is -2.69. The van der Waals surface area contributed by atoms with Crippen LogP contribution >= 0.6 is 23.4 Å². The van der Waals surface area contributed by atoms with Gasteiger partial charge in [0.1, 0.15) is 6.04 Å². The van der Waals surface area contributed by atoms with Crippen LogP contribution in [-0.4, -0.2) is 63.0 Å². The molecule has 0 bridgehead atoms. The maximum Gasteiger partial charge on any atom is 0.339 e. The smallest absolute Gasteiger partial charge is 0.339 e. The van der Waals surface area contributed by atoms with Gasteiger partial charge in [-0.25, -0.2) is 9.18 Å². The van der Waals surface area contributed by atoms with Crippen LogP contribution in [0, 0.1) is 22.7 Å². The summed E-state index contributed by atoms with van der Waals surface area (Å²) in [5, 5.41) is 16.7. The molecule has 2 amide bonds. The third-order valence-electron chi connectivity index (χ3n) is 11.2. The summed E-state index contributed by atoms with van der Waals surface area (Å²) >= 11 is 7.37. The molecule has 4 aliphatic rings. The van der Waals surface area contributed by atoms with E-state index in [0.29, 0.717) is 30.6 Å². The summed E-state index contributed by atoms with van der Waals surface area (Å²) in [6, 6.07) is 3.34. The van der Waals surface area contributed by atoms with E-state index in [9.17, 15) is 29.1 Å². The first-order valence-corrected chi connectivity index (χ1v) is 17.6. The number of carbonyl (C=O) groups excluding carboxylic acids is 5. The van der Waals surface area contributed by atoms with Crippen LogP contribution in [0.5, 0.6) is 0 Å². The van der Waals surface area contributed by atoms with Gasteiger partial charge in [-0.15, -0.1) is 0 Å². The molecule has 1 aromatic carbocycles. The minimum Gasteiger partial charge on any atom is -0.446 e. The Morgan fingerprint density at radius 1 is 1.17 bits per heavy atom. The van der Waals surface area contributed by atoms with Gasteiger partial charge in [-0.05, 0) is 88.0 Å². The second kappa shape index (κ2) is 12.8. The van der Waals surface area contributed by atoms with Gasteiger partial charge in [-0.2, -0.15) is 0 Å². The lowest BCUT2D eigenvalue weighted by atomic mass is 9.45. The molecule has 3 saturated carbocycles. The number of aliphatic hydroxyl groups is 1. The molecule has 5 rings (SSSR count). The predicted octanol–water partition coefficient (Wildman–Crippen LogP) is 5.74. The van der Waals surface area contributed by atoms with Crippen molar-refractivity contribution in [1.82, 2.24) is 5.32 Å². The largest absolute Gasteiger partial charge is 0.446 e. The molecule has 9 nitrogen and oxygen atoms in total. The third-order valence-corrected chi connectivity index (χ3v) is 12.4. The molecule has 0 aromatic heterocycles. The number of ether oxygens (including phenoxy) is 1. The van der Waals surface area contributed by atoms with Gasteiger partial charge in [0.05, 0.1) is 22.4 Å². The molecular formula is C35H42ClFN2O7S. The fourth-order valence-electron chi connectivity index (χ4n) is 8.61. The molecule has 0 saturated heterocycles. The minimum atomic E-state index is -2.09. The molecule has 3 fully saturated rings. The number of anilines is 1. The Morgan fingerprint density at radius 3 is 2.57 bits per heavy atom. The standard InChI is InChI=1S/C35H42ClFN2O7S/c1-6-28(42)38-19(3)29(43)39-26-16-20(8-11-25(26)36)30(44)46-34(31(45)47-7-2)15-13-23-24-10-9-21-17-22(40)12-14-32(21,4)35(24,37)27(41)18-33(23,34)5/h8,11-12,14,16-17,19,23-24,27,41H,6-7,9-10,13,15,18H2,1-5H3,(H,38,42)(H,39,43)/t19-,23-,24-,27-,32-,33-,34-,35-/m0/s1. The highest BCUT2D eigenvalue weighted by molar-refractivity contribution is 8.13. The highest BCUT2D eigenvalue weighted by atomic mass is 35.5. The van der Waals surface area contributed by atoms with Crippen molar-refractivity contribution in [3.05, 3.63) is 52.6 Å². The number of esters is 1. The Morgan fingerprint density at radius 2 is 1.89 bits per heavy atom. The number of carbonyl (C=O) groups is 5. The summed E-state index contributed by atoms with van der Waals surface area (Å²) in [7, 11) is 0. The van der Waals surface area contributed by atoms with Crippen LogP contribution in [-0.2, 0) is 23.9 Å². The number of halogens is 2. The molecule has 3 N–H and O–H groups in total. The number of hydrogen-bond donors (Lipinski definition) is 3. The van der Waals surface area contributed by atoms with Crippen LogP contribution in [0.4, 0.5) is 10.1 Å². The van der Waals surface area contributed by atoms with E-state index in [4.69, 9.17) is 16.3 Å². The van der Waals surface area contributed by atoms with Crippen molar-refractivity contribution in [1.29, 1.82) is 0 Å². The van der Waals surface area contributed by atoms with Crippen LogP contribution in [0.3, 0.4) is 0 Å². The fraction of sp³-hybridized carbons (Fsp3) is 0.571. The van der Waals surface area contributed by atoms with Gasteiger partial charge in [0.2, 0.25) is 16.9 Å². The first-order chi connectivity index (χ1) is 22.1. The van der Waals surface area contributed by atoms with Crippen molar-refractivity contribution in [2.24, 2.45) is 22.7 Å². The minimum absolute atomic E-state index is 0.0313. The van der Waals surface area contributed by atoms with Gasteiger partial charge in [-0.3, -0.25) is 19.2 Å². The van der Waals surface area contributed by atoms with Crippen molar-refractivity contribution in [2.45, 2.75) is 96.6 Å². The fourth-order valence-corrected chi connectivity index (χ4v) is 9.64. The number of allylic oxidation sites excluding steroid dienone is 4. The van der Waals surface area contributed by atoms with Crippen LogP contribution in [0.2, 0.25) is 5.02 Å². The summed E-state index contributed by atoms with van der Waals surface area (Å²) in [4.78, 5) is 64.7. The van der Waals surface area contributed by atoms with Gasteiger partial charge >= 0.3 is 5.97 Å². The quantitative estimate of drug-likeness (QED) is 0.294. The van der Waals surface area contributed by atoms with Gasteiger partial charge in [-0.1, -0.05) is 55.8 Å². The van der Waals surface area contributed by atoms with E-state index in [0.717, 1.165) is 11.8 Å². The zero-order valence-electron chi connectivity index (χ0n) is 27.3. The van der Waals surface area contributed by atoms with E-state index in [1.165, 1.54) is 37.3 Å². The molecule has 0 spiro atoms. The Hall–Kier alpha value is -3.02. The zero-order valence-corrected chi connectivity index (χ0v) is 28.9. The van der Waals surface area contributed by atoms with Crippen molar-refractivity contribution in [3.8, 4) is 0 Å². The number of amides is 2. The number of benzene rings is 1. The van der Waals surface area contributed by atoms with Crippen LogP contribution in [0.1, 0.15) is 83.5 Å². The second-order valence-corrected chi connectivity index (χ2v) is 15.2. The second-order valence-electron chi connectivity index (χ2n) is 13.6. The number of ketones is 1. The van der Waals surface area contributed by atoms with Crippen molar-refractivity contribution in [3.63, 3.8) is 0 Å². The summed E-state index contributed by atoms with van der Waals surface area (Å²) in [6.07, 6.45) is 4.43. The molecule has 12 heteroatoms. The van der Waals surface area contributed by atoms with E-state index in [2.05, 4.69) is 10.6 Å². The van der Waals surface area contributed by atoms with E-state index in [1.807, 2.05) is 13.8 Å². The maximum atomic E-state index is 17.6. The third kappa shape index (κ3) is 5.56. The average Bonchev–Trinajstić information content (AvgIpc) is 3.31. The van der Waals surface area contributed by atoms with Gasteiger partial charge < -0.3 is 20.5 Å². The maximum absolute atomic E-state index is 17.6. The zero-order chi connectivity index (χ0) is 34.5. The molecule has 0 aliphatic heterocycles. The SMILES string of the molecule is CCSC(=O)[C@@]1(OC(=O)c2ccc(Cl)c(NC(=O)[C@H](C)NC(=O)CC)c2)CC[C@H]2[C@@H]3CCC4=CC(=O)C=C[C@]4(C)[C@@]3(F)[C@@H](O)C[C@@]21C. The van der Waals surface area contributed by atoms with E-state index in [-0.39, 0.29) is 52.3 Å². The average molecular weight is 689 g/mol. The topological polar surface area (TPSA) is 139 Å². The summed E-state index contributed by atoms with van der Waals surface area (Å²) in [5.74, 6) is -2.49. The number of fused-ring (bicyclic) bond motifs is 5.